The molecule has 3 rings (SSSR count). The van der Waals surface area contributed by atoms with Crippen LogP contribution in [-0.2, 0) is 4.84 Å². The SMILES string of the molecule is Fc1ccc(-c2ccc(N3CCCCO3)nn2)cc1. The van der Waals surface area contributed by atoms with Crippen molar-refractivity contribution in [3.05, 3.63) is 42.2 Å². The molecule has 2 heterocycles. The highest BCUT2D eigenvalue weighted by atomic mass is 19.1. The van der Waals surface area contributed by atoms with Gasteiger partial charge in [-0.05, 0) is 49.2 Å². The maximum Gasteiger partial charge on any atom is 0.174 e. The number of nitrogens with zero attached hydrogens (tertiary/aromatic N) is 3. The molecule has 0 saturated carbocycles. The van der Waals surface area contributed by atoms with E-state index >= 15 is 0 Å². The lowest BCUT2D eigenvalue weighted by molar-refractivity contribution is 0.0758. The molecule has 0 amide bonds. The minimum absolute atomic E-state index is 0.255. The summed E-state index contributed by atoms with van der Waals surface area (Å²) in [4.78, 5) is 5.51. The average molecular weight is 259 g/mol. The van der Waals surface area contributed by atoms with Crippen molar-refractivity contribution in [3.63, 3.8) is 0 Å². The molecule has 4 nitrogen and oxygen atoms in total. The molecule has 0 spiro atoms. The summed E-state index contributed by atoms with van der Waals surface area (Å²) in [6, 6.07) is 9.95. The summed E-state index contributed by atoms with van der Waals surface area (Å²) in [5, 5.41) is 10.1. The number of hydrogen-bond acceptors (Lipinski definition) is 4. The molecule has 0 atom stereocenters. The average Bonchev–Trinajstić information content (AvgIpc) is 2.49. The first-order valence-electron chi connectivity index (χ1n) is 6.33. The molecule has 0 bridgehead atoms. The predicted molar refractivity (Wildman–Crippen MR) is 70.0 cm³/mol. The van der Waals surface area contributed by atoms with Gasteiger partial charge in [0.25, 0.3) is 0 Å². The third-order valence-corrected chi connectivity index (χ3v) is 3.05. The molecule has 0 N–H and O–H groups in total. The third-order valence-electron chi connectivity index (χ3n) is 3.05. The van der Waals surface area contributed by atoms with Crippen LogP contribution in [0.25, 0.3) is 11.3 Å². The second-order valence-electron chi connectivity index (χ2n) is 4.43. The predicted octanol–water partition coefficient (Wildman–Crippen LogP) is 2.81. The Labute approximate surface area is 110 Å². The Morgan fingerprint density at radius 3 is 2.47 bits per heavy atom. The van der Waals surface area contributed by atoms with E-state index in [1.165, 1.54) is 12.1 Å². The number of hydroxylamine groups is 1. The van der Waals surface area contributed by atoms with Gasteiger partial charge in [0.1, 0.15) is 5.82 Å². The van der Waals surface area contributed by atoms with Crippen molar-refractivity contribution in [1.82, 2.24) is 10.2 Å². The van der Waals surface area contributed by atoms with Gasteiger partial charge in [-0.3, -0.25) is 4.84 Å². The highest BCUT2D eigenvalue weighted by Crippen LogP contribution is 2.20. The zero-order chi connectivity index (χ0) is 13.1. The van der Waals surface area contributed by atoms with Crippen molar-refractivity contribution >= 4 is 5.82 Å². The normalized spacial score (nSPS) is 15.5. The van der Waals surface area contributed by atoms with E-state index in [9.17, 15) is 4.39 Å². The van der Waals surface area contributed by atoms with E-state index in [1.54, 1.807) is 17.2 Å². The molecule has 19 heavy (non-hydrogen) atoms. The van der Waals surface area contributed by atoms with Crippen molar-refractivity contribution < 1.29 is 9.23 Å². The van der Waals surface area contributed by atoms with Crippen LogP contribution in [0.4, 0.5) is 10.2 Å². The lowest BCUT2D eigenvalue weighted by Gasteiger charge is -2.26. The molecule has 2 aromatic rings. The second-order valence-corrected chi connectivity index (χ2v) is 4.43. The van der Waals surface area contributed by atoms with Crippen LogP contribution >= 0.6 is 0 Å². The fourth-order valence-corrected chi connectivity index (χ4v) is 2.01. The minimum Gasteiger partial charge on any atom is -0.272 e. The second kappa shape index (κ2) is 5.32. The third kappa shape index (κ3) is 2.71. The molecular formula is C14H14FN3O. The van der Waals surface area contributed by atoms with Crippen molar-refractivity contribution in [2.24, 2.45) is 0 Å². The minimum atomic E-state index is -0.255. The number of anilines is 1. The summed E-state index contributed by atoms with van der Waals surface area (Å²) in [7, 11) is 0. The summed E-state index contributed by atoms with van der Waals surface area (Å²) in [6.45, 7) is 1.56. The Balaban J connectivity index is 1.80. The first-order valence-corrected chi connectivity index (χ1v) is 6.33. The summed E-state index contributed by atoms with van der Waals surface area (Å²) < 4.78 is 12.9. The van der Waals surface area contributed by atoms with Gasteiger partial charge in [-0.2, -0.15) is 0 Å². The van der Waals surface area contributed by atoms with Crippen LogP contribution < -0.4 is 5.06 Å². The van der Waals surface area contributed by atoms with Crippen LogP contribution in [-0.4, -0.2) is 23.3 Å². The standard InChI is InChI=1S/C14H14FN3O/c15-12-5-3-11(4-6-12)13-7-8-14(17-16-13)18-9-1-2-10-19-18/h3-8H,1-2,9-10H2. The van der Waals surface area contributed by atoms with Gasteiger partial charge >= 0.3 is 0 Å². The van der Waals surface area contributed by atoms with Crippen LogP contribution in [0.5, 0.6) is 0 Å². The van der Waals surface area contributed by atoms with Crippen LogP contribution in [0.3, 0.4) is 0 Å². The summed E-state index contributed by atoms with van der Waals surface area (Å²) in [5.74, 6) is 0.459. The Morgan fingerprint density at radius 1 is 1.00 bits per heavy atom. The maximum atomic E-state index is 12.9. The molecule has 1 aliphatic heterocycles. The van der Waals surface area contributed by atoms with Crippen LogP contribution in [0.1, 0.15) is 12.8 Å². The van der Waals surface area contributed by atoms with Gasteiger partial charge in [0.15, 0.2) is 5.82 Å². The number of aromatic nitrogens is 2. The Kier molecular flexibility index (Phi) is 3.37. The molecule has 0 radical (unpaired) electrons. The van der Waals surface area contributed by atoms with E-state index in [4.69, 9.17) is 4.84 Å². The van der Waals surface area contributed by atoms with Crippen molar-refractivity contribution in [3.8, 4) is 11.3 Å². The van der Waals surface area contributed by atoms with Gasteiger partial charge in [-0.25, -0.2) is 9.45 Å². The highest BCUT2D eigenvalue weighted by Gasteiger charge is 2.13. The number of benzene rings is 1. The quantitative estimate of drug-likeness (QED) is 0.831. The molecular weight excluding hydrogens is 245 g/mol. The van der Waals surface area contributed by atoms with Crippen molar-refractivity contribution in [2.75, 3.05) is 18.2 Å². The summed E-state index contributed by atoms with van der Waals surface area (Å²) in [5.41, 5.74) is 1.57. The molecule has 1 aliphatic rings. The maximum absolute atomic E-state index is 12.9. The van der Waals surface area contributed by atoms with Gasteiger partial charge in [0.05, 0.1) is 12.3 Å². The van der Waals surface area contributed by atoms with Crippen molar-refractivity contribution in [2.45, 2.75) is 12.8 Å². The highest BCUT2D eigenvalue weighted by molar-refractivity contribution is 5.59. The first-order chi connectivity index (χ1) is 9.33. The fourth-order valence-electron chi connectivity index (χ4n) is 2.01. The van der Waals surface area contributed by atoms with E-state index in [1.807, 2.05) is 12.1 Å². The lowest BCUT2D eigenvalue weighted by Crippen LogP contribution is -2.30. The summed E-state index contributed by atoms with van der Waals surface area (Å²) >= 11 is 0. The van der Waals surface area contributed by atoms with Gasteiger partial charge in [0.2, 0.25) is 0 Å². The van der Waals surface area contributed by atoms with Crippen LogP contribution in [0, 0.1) is 5.82 Å². The lowest BCUT2D eigenvalue weighted by atomic mass is 10.1. The van der Waals surface area contributed by atoms with E-state index < -0.39 is 0 Å². The van der Waals surface area contributed by atoms with Gasteiger partial charge in [-0.15, -0.1) is 10.2 Å². The van der Waals surface area contributed by atoms with Gasteiger partial charge < -0.3 is 0 Å². The van der Waals surface area contributed by atoms with E-state index in [2.05, 4.69) is 10.2 Å². The zero-order valence-electron chi connectivity index (χ0n) is 10.4. The smallest absolute Gasteiger partial charge is 0.174 e. The number of rotatable bonds is 2. The molecule has 0 unspecified atom stereocenters. The first kappa shape index (κ1) is 12.0. The van der Waals surface area contributed by atoms with Crippen LogP contribution in [0.15, 0.2) is 36.4 Å². The molecule has 5 heteroatoms. The Bertz CT molecular complexity index is 536. The van der Waals surface area contributed by atoms with Gasteiger partial charge in [-0.1, -0.05) is 0 Å². The Hall–Kier alpha value is -2.01. The molecule has 1 aromatic heterocycles. The fraction of sp³-hybridized carbons (Fsp3) is 0.286. The van der Waals surface area contributed by atoms with Gasteiger partial charge in [0, 0.05) is 12.1 Å². The van der Waals surface area contributed by atoms with Crippen molar-refractivity contribution in [1.29, 1.82) is 0 Å². The monoisotopic (exact) mass is 259 g/mol. The van der Waals surface area contributed by atoms with E-state index in [-0.39, 0.29) is 5.82 Å². The number of halogens is 1. The molecule has 98 valence electrons. The topological polar surface area (TPSA) is 38.2 Å². The zero-order valence-corrected chi connectivity index (χ0v) is 10.4. The molecule has 0 aliphatic carbocycles. The summed E-state index contributed by atoms with van der Waals surface area (Å²) in [6.07, 6.45) is 2.18. The largest absolute Gasteiger partial charge is 0.272 e. The molecule has 1 saturated heterocycles. The molecule has 1 fully saturated rings. The van der Waals surface area contributed by atoms with Crippen LogP contribution in [0.2, 0.25) is 0 Å². The molecule has 1 aromatic carbocycles. The number of hydrogen-bond donors (Lipinski definition) is 0. The van der Waals surface area contributed by atoms with E-state index in [0.29, 0.717) is 5.82 Å². The van der Waals surface area contributed by atoms with E-state index in [0.717, 1.165) is 37.3 Å². The Morgan fingerprint density at radius 2 is 1.84 bits per heavy atom.